The summed E-state index contributed by atoms with van der Waals surface area (Å²) < 4.78 is 0. The van der Waals surface area contributed by atoms with E-state index in [1.165, 1.54) is 5.56 Å². The van der Waals surface area contributed by atoms with Gasteiger partial charge in [0, 0.05) is 11.9 Å². The van der Waals surface area contributed by atoms with Gasteiger partial charge in [-0.1, -0.05) is 18.2 Å². The number of nitrogens with two attached hydrogens (primary N) is 1. The van der Waals surface area contributed by atoms with Gasteiger partial charge in [-0.15, -0.1) is 0 Å². The van der Waals surface area contributed by atoms with Crippen molar-refractivity contribution in [3.8, 4) is 0 Å². The van der Waals surface area contributed by atoms with E-state index < -0.39 is 0 Å². The van der Waals surface area contributed by atoms with Gasteiger partial charge in [0.1, 0.15) is 0 Å². The van der Waals surface area contributed by atoms with E-state index in [9.17, 15) is 0 Å². The Kier molecular flexibility index (Phi) is 2.45. The summed E-state index contributed by atoms with van der Waals surface area (Å²) in [5.74, 6) is 0. The van der Waals surface area contributed by atoms with Crippen molar-refractivity contribution in [3.63, 3.8) is 0 Å². The van der Waals surface area contributed by atoms with E-state index in [0.29, 0.717) is 0 Å². The van der Waals surface area contributed by atoms with Crippen molar-refractivity contribution in [1.29, 1.82) is 0 Å². The number of aromatic nitrogens is 1. The van der Waals surface area contributed by atoms with Crippen molar-refractivity contribution < 1.29 is 0 Å². The standard InChI is InChI=1S/C12H11N2/c13-12-4-2-1-3-11(12)9-10-5-7-14-8-6-10/h1-7H,9,13H2. The molecule has 0 fully saturated rings. The summed E-state index contributed by atoms with van der Waals surface area (Å²) in [4.78, 5) is 3.85. The van der Waals surface area contributed by atoms with Crippen molar-refractivity contribution >= 4 is 5.69 Å². The fraction of sp³-hybridized carbons (Fsp3) is 0.0833. The Labute approximate surface area is 83.4 Å². The van der Waals surface area contributed by atoms with Crippen molar-refractivity contribution in [2.45, 2.75) is 6.42 Å². The summed E-state index contributed by atoms with van der Waals surface area (Å²) in [6.07, 6.45) is 5.39. The topological polar surface area (TPSA) is 38.9 Å². The number of nitrogens with zero attached hydrogens (tertiary/aromatic N) is 1. The summed E-state index contributed by atoms with van der Waals surface area (Å²) in [5, 5.41) is 0. The molecular weight excluding hydrogens is 172 g/mol. The molecule has 2 rings (SSSR count). The summed E-state index contributed by atoms with van der Waals surface area (Å²) in [6.45, 7) is 0. The maximum atomic E-state index is 5.84. The molecule has 0 amide bonds. The van der Waals surface area contributed by atoms with Crippen LogP contribution in [0.2, 0.25) is 0 Å². The molecule has 1 aromatic carbocycles. The molecule has 69 valence electrons. The average Bonchev–Trinajstić information content (AvgIpc) is 2.23. The highest BCUT2D eigenvalue weighted by Crippen LogP contribution is 2.14. The quantitative estimate of drug-likeness (QED) is 0.724. The molecule has 14 heavy (non-hydrogen) atoms. The van der Waals surface area contributed by atoms with E-state index in [1.54, 1.807) is 6.20 Å². The fourth-order valence-electron chi connectivity index (χ4n) is 1.37. The zero-order valence-corrected chi connectivity index (χ0v) is 7.77. The summed E-state index contributed by atoms with van der Waals surface area (Å²) in [5.41, 5.74) is 9.00. The van der Waals surface area contributed by atoms with Crippen molar-refractivity contribution in [1.82, 2.24) is 4.98 Å². The molecule has 1 aromatic heterocycles. The number of nitrogen functional groups attached to an aromatic ring is 1. The lowest BCUT2D eigenvalue weighted by Gasteiger charge is -2.04. The zero-order valence-electron chi connectivity index (χ0n) is 7.77. The molecule has 0 aliphatic rings. The smallest absolute Gasteiger partial charge is 0.0889 e. The number of hydrogen-bond donors (Lipinski definition) is 1. The van der Waals surface area contributed by atoms with Crippen LogP contribution in [-0.2, 0) is 6.42 Å². The predicted octanol–water partition coefficient (Wildman–Crippen LogP) is 2.05. The molecule has 0 aliphatic carbocycles. The predicted molar refractivity (Wildman–Crippen MR) is 56.7 cm³/mol. The second-order valence-electron chi connectivity index (χ2n) is 3.17. The lowest BCUT2D eigenvalue weighted by molar-refractivity contribution is 1.16. The first-order valence-electron chi connectivity index (χ1n) is 4.50. The maximum Gasteiger partial charge on any atom is 0.0889 e. The zero-order chi connectivity index (χ0) is 9.80. The normalized spacial score (nSPS) is 10.0. The number of hydrogen-bond acceptors (Lipinski definition) is 2. The van der Waals surface area contributed by atoms with Crippen LogP contribution >= 0.6 is 0 Å². The Bertz CT molecular complexity index is 410. The number of benzene rings is 1. The highest BCUT2D eigenvalue weighted by atomic mass is 14.6. The van der Waals surface area contributed by atoms with Crippen LogP contribution in [0, 0.1) is 6.20 Å². The van der Waals surface area contributed by atoms with Crippen LogP contribution in [0.4, 0.5) is 5.69 Å². The van der Waals surface area contributed by atoms with E-state index in [4.69, 9.17) is 5.73 Å². The van der Waals surface area contributed by atoms with E-state index in [-0.39, 0.29) is 0 Å². The Balaban J connectivity index is 2.24. The fourth-order valence-corrected chi connectivity index (χ4v) is 1.37. The molecule has 0 aliphatic heterocycles. The molecule has 1 heterocycles. The minimum Gasteiger partial charge on any atom is -0.398 e. The van der Waals surface area contributed by atoms with E-state index in [0.717, 1.165) is 17.7 Å². The monoisotopic (exact) mass is 183 g/mol. The van der Waals surface area contributed by atoms with Gasteiger partial charge in [0.25, 0.3) is 0 Å². The second-order valence-corrected chi connectivity index (χ2v) is 3.17. The molecule has 2 N–H and O–H groups in total. The molecule has 0 unspecified atom stereocenters. The molecule has 2 heteroatoms. The molecule has 0 spiro atoms. The van der Waals surface area contributed by atoms with Gasteiger partial charge in [-0.05, 0) is 35.7 Å². The van der Waals surface area contributed by atoms with Gasteiger partial charge in [-0.25, -0.2) is 0 Å². The Morgan fingerprint density at radius 2 is 2.07 bits per heavy atom. The highest BCUT2D eigenvalue weighted by Gasteiger charge is 1.98. The Morgan fingerprint density at radius 3 is 2.79 bits per heavy atom. The first-order chi connectivity index (χ1) is 6.86. The first-order valence-corrected chi connectivity index (χ1v) is 4.50. The minimum absolute atomic E-state index is 0.837. The molecule has 0 bridgehead atoms. The van der Waals surface area contributed by atoms with Crippen molar-refractivity contribution in [2.24, 2.45) is 0 Å². The van der Waals surface area contributed by atoms with E-state index in [2.05, 4.69) is 11.2 Å². The lowest BCUT2D eigenvalue weighted by atomic mass is 10.0. The van der Waals surface area contributed by atoms with Crippen LogP contribution in [0.3, 0.4) is 0 Å². The van der Waals surface area contributed by atoms with E-state index in [1.807, 2.05) is 36.4 Å². The van der Waals surface area contributed by atoms with Gasteiger partial charge in [0.2, 0.25) is 0 Å². The molecule has 2 nitrogen and oxygen atoms in total. The number of rotatable bonds is 2. The maximum absolute atomic E-state index is 5.84. The Hall–Kier alpha value is -1.83. The van der Waals surface area contributed by atoms with Crippen LogP contribution in [0.25, 0.3) is 0 Å². The summed E-state index contributed by atoms with van der Waals surface area (Å²) in [7, 11) is 0. The van der Waals surface area contributed by atoms with Crippen molar-refractivity contribution in [3.05, 3.63) is 59.9 Å². The average molecular weight is 183 g/mol. The molecule has 1 radical (unpaired) electrons. The van der Waals surface area contributed by atoms with Gasteiger partial charge in [-0.2, -0.15) is 0 Å². The van der Waals surface area contributed by atoms with E-state index >= 15 is 0 Å². The number of anilines is 1. The number of pyridine rings is 1. The minimum atomic E-state index is 0.837. The third-order valence-electron chi connectivity index (χ3n) is 2.14. The van der Waals surface area contributed by atoms with Gasteiger partial charge in [0.05, 0.1) is 6.20 Å². The number of para-hydroxylation sites is 1. The molecular formula is C12H11N2. The summed E-state index contributed by atoms with van der Waals surface area (Å²) in [6, 6.07) is 11.7. The Morgan fingerprint density at radius 1 is 1.21 bits per heavy atom. The third kappa shape index (κ3) is 1.91. The van der Waals surface area contributed by atoms with Gasteiger partial charge in [0.15, 0.2) is 0 Å². The SMILES string of the molecule is Nc1ccccc1Cc1c[c]ncc1. The molecule has 0 atom stereocenters. The van der Waals surface area contributed by atoms with Crippen LogP contribution in [0.15, 0.2) is 42.6 Å². The van der Waals surface area contributed by atoms with Gasteiger partial charge >= 0.3 is 0 Å². The van der Waals surface area contributed by atoms with Crippen LogP contribution in [0.5, 0.6) is 0 Å². The van der Waals surface area contributed by atoms with Gasteiger partial charge in [-0.3, -0.25) is 4.98 Å². The van der Waals surface area contributed by atoms with Crippen molar-refractivity contribution in [2.75, 3.05) is 5.73 Å². The van der Waals surface area contributed by atoms with Crippen LogP contribution < -0.4 is 5.73 Å². The largest absolute Gasteiger partial charge is 0.398 e. The third-order valence-corrected chi connectivity index (χ3v) is 2.14. The first kappa shape index (κ1) is 8.75. The summed E-state index contributed by atoms with van der Waals surface area (Å²) >= 11 is 0. The van der Waals surface area contributed by atoms with Gasteiger partial charge < -0.3 is 5.73 Å². The molecule has 0 saturated carbocycles. The van der Waals surface area contributed by atoms with Crippen LogP contribution in [-0.4, -0.2) is 4.98 Å². The molecule has 0 saturated heterocycles. The van der Waals surface area contributed by atoms with Crippen LogP contribution in [0.1, 0.15) is 11.1 Å². The highest BCUT2D eigenvalue weighted by molar-refractivity contribution is 5.48. The second kappa shape index (κ2) is 3.92. The molecule has 2 aromatic rings. The lowest BCUT2D eigenvalue weighted by Crippen LogP contribution is -1.95.